The molecule has 1 atom stereocenters. The molecule has 0 bridgehead atoms. The summed E-state index contributed by atoms with van der Waals surface area (Å²) in [7, 11) is -3.60. The first-order chi connectivity index (χ1) is 14.9. The number of rotatable bonds is 6. The predicted molar refractivity (Wildman–Crippen MR) is 121 cm³/mol. The lowest BCUT2D eigenvalue weighted by atomic mass is 9.85. The molecule has 1 aliphatic rings. The van der Waals surface area contributed by atoms with E-state index in [4.69, 9.17) is 0 Å². The molecule has 6 nitrogen and oxygen atoms in total. The highest BCUT2D eigenvalue weighted by Gasteiger charge is 2.29. The van der Waals surface area contributed by atoms with Crippen LogP contribution in [0.2, 0.25) is 0 Å². The van der Waals surface area contributed by atoms with Crippen molar-refractivity contribution in [3.8, 4) is 0 Å². The zero-order valence-electron chi connectivity index (χ0n) is 17.5. The standard InChI is InChI=1S/C24H27N3O3S/c1-17(21-7-4-14-25-16-21)26-24(28)19-8-11-22(12-9-19)27-31(29,30)23-13-10-18-5-2-3-6-20(18)15-23/h2-7,10,13-17,19,22,27H,8-9,11-12H2,1H3,(H,26,28)/t17?,19-,22-. The zero-order valence-corrected chi connectivity index (χ0v) is 18.3. The molecule has 0 aliphatic heterocycles. The molecule has 1 unspecified atom stereocenters. The van der Waals surface area contributed by atoms with Gasteiger partial charge in [-0.15, -0.1) is 0 Å². The smallest absolute Gasteiger partial charge is 0.240 e. The molecule has 2 N–H and O–H groups in total. The van der Waals surface area contributed by atoms with Crippen LogP contribution in [0.1, 0.15) is 44.2 Å². The molecular formula is C24H27N3O3S. The fraction of sp³-hybridized carbons (Fsp3) is 0.333. The average molecular weight is 438 g/mol. The summed E-state index contributed by atoms with van der Waals surface area (Å²) in [5, 5.41) is 4.96. The number of hydrogen-bond acceptors (Lipinski definition) is 4. The molecule has 1 aliphatic carbocycles. The van der Waals surface area contributed by atoms with Crippen molar-refractivity contribution < 1.29 is 13.2 Å². The van der Waals surface area contributed by atoms with Crippen molar-refractivity contribution in [2.75, 3.05) is 0 Å². The quantitative estimate of drug-likeness (QED) is 0.611. The lowest BCUT2D eigenvalue weighted by molar-refractivity contribution is -0.126. The number of fused-ring (bicyclic) bond motifs is 1. The normalized spacial score (nSPS) is 20.3. The number of sulfonamides is 1. The number of benzene rings is 2. The largest absolute Gasteiger partial charge is 0.349 e. The zero-order chi connectivity index (χ0) is 21.8. The molecule has 3 aromatic rings. The Kier molecular flexibility index (Phi) is 6.34. The van der Waals surface area contributed by atoms with E-state index in [1.165, 1.54) is 0 Å². The fourth-order valence-corrected chi connectivity index (χ4v) is 5.48. The molecule has 1 aromatic heterocycles. The summed E-state index contributed by atoms with van der Waals surface area (Å²) in [4.78, 5) is 17.0. The summed E-state index contributed by atoms with van der Waals surface area (Å²) in [5.74, 6) is -0.0762. The maximum absolute atomic E-state index is 12.9. The van der Waals surface area contributed by atoms with Crippen LogP contribution in [0.4, 0.5) is 0 Å². The van der Waals surface area contributed by atoms with E-state index in [0.29, 0.717) is 25.7 Å². The Bertz CT molecular complexity index is 1160. The van der Waals surface area contributed by atoms with Gasteiger partial charge in [-0.2, -0.15) is 0 Å². The third-order valence-electron chi connectivity index (χ3n) is 5.99. The Morgan fingerprint density at radius 3 is 2.45 bits per heavy atom. The van der Waals surface area contributed by atoms with E-state index in [1.54, 1.807) is 24.5 Å². The second-order valence-corrected chi connectivity index (χ2v) is 9.91. The predicted octanol–water partition coefficient (Wildman–Crippen LogP) is 3.95. The van der Waals surface area contributed by atoms with E-state index in [1.807, 2.05) is 49.4 Å². The van der Waals surface area contributed by atoms with Crippen molar-refractivity contribution >= 4 is 26.7 Å². The van der Waals surface area contributed by atoms with Crippen LogP contribution < -0.4 is 10.0 Å². The maximum Gasteiger partial charge on any atom is 0.240 e. The molecule has 31 heavy (non-hydrogen) atoms. The minimum atomic E-state index is -3.60. The Hall–Kier alpha value is -2.77. The summed E-state index contributed by atoms with van der Waals surface area (Å²) in [6, 6.07) is 16.4. The van der Waals surface area contributed by atoms with E-state index < -0.39 is 10.0 Å². The van der Waals surface area contributed by atoms with Gasteiger partial charge in [0.25, 0.3) is 0 Å². The van der Waals surface area contributed by atoms with E-state index >= 15 is 0 Å². The Labute approximate surface area is 183 Å². The SMILES string of the molecule is CC(NC(=O)[C@H]1CC[C@H](NS(=O)(=O)c2ccc3ccccc3c2)CC1)c1cccnc1. The van der Waals surface area contributed by atoms with Gasteiger partial charge in [-0.05, 0) is 67.1 Å². The Balaban J connectivity index is 1.33. The van der Waals surface area contributed by atoms with Crippen molar-refractivity contribution in [2.45, 2.75) is 49.6 Å². The summed E-state index contributed by atoms with van der Waals surface area (Å²) in [5.41, 5.74) is 0.965. The van der Waals surface area contributed by atoms with Gasteiger partial charge in [-0.25, -0.2) is 13.1 Å². The van der Waals surface area contributed by atoms with Gasteiger partial charge in [0.1, 0.15) is 0 Å². The first-order valence-electron chi connectivity index (χ1n) is 10.6. The van der Waals surface area contributed by atoms with Gasteiger partial charge < -0.3 is 5.32 Å². The molecule has 162 valence electrons. The van der Waals surface area contributed by atoms with E-state index in [0.717, 1.165) is 16.3 Å². The van der Waals surface area contributed by atoms with Crippen LogP contribution >= 0.6 is 0 Å². The van der Waals surface area contributed by atoms with Crippen LogP contribution in [0.5, 0.6) is 0 Å². The first-order valence-corrected chi connectivity index (χ1v) is 12.1. The number of carbonyl (C=O) groups is 1. The number of hydrogen-bond donors (Lipinski definition) is 2. The van der Waals surface area contributed by atoms with Gasteiger partial charge in [0.05, 0.1) is 10.9 Å². The molecule has 1 heterocycles. The van der Waals surface area contributed by atoms with E-state index in [-0.39, 0.29) is 28.8 Å². The van der Waals surface area contributed by atoms with Gasteiger partial charge in [0, 0.05) is 24.4 Å². The second kappa shape index (κ2) is 9.16. The van der Waals surface area contributed by atoms with Gasteiger partial charge in [0.15, 0.2) is 0 Å². The van der Waals surface area contributed by atoms with Crippen LogP contribution in [0.25, 0.3) is 10.8 Å². The van der Waals surface area contributed by atoms with Gasteiger partial charge in [0.2, 0.25) is 15.9 Å². The summed E-state index contributed by atoms with van der Waals surface area (Å²) in [6.45, 7) is 1.94. The number of carbonyl (C=O) groups excluding carboxylic acids is 1. The van der Waals surface area contributed by atoms with Gasteiger partial charge >= 0.3 is 0 Å². The van der Waals surface area contributed by atoms with Crippen LogP contribution in [-0.4, -0.2) is 25.4 Å². The highest BCUT2D eigenvalue weighted by atomic mass is 32.2. The average Bonchev–Trinajstić information content (AvgIpc) is 2.79. The van der Waals surface area contributed by atoms with Gasteiger partial charge in [-0.1, -0.05) is 36.4 Å². The minimum Gasteiger partial charge on any atom is -0.349 e. The Morgan fingerprint density at radius 2 is 1.74 bits per heavy atom. The molecule has 7 heteroatoms. The minimum absolute atomic E-state index is 0.0205. The lowest BCUT2D eigenvalue weighted by Gasteiger charge is -2.29. The first kappa shape index (κ1) is 21.5. The van der Waals surface area contributed by atoms with Gasteiger partial charge in [-0.3, -0.25) is 9.78 Å². The summed E-state index contributed by atoms with van der Waals surface area (Å²) < 4.78 is 28.6. The molecule has 0 saturated heterocycles. The number of pyridine rings is 1. The number of nitrogens with one attached hydrogen (secondary N) is 2. The topological polar surface area (TPSA) is 88.2 Å². The van der Waals surface area contributed by atoms with Crippen LogP contribution in [0.15, 0.2) is 71.9 Å². The van der Waals surface area contributed by atoms with E-state index in [2.05, 4.69) is 15.0 Å². The fourth-order valence-electron chi connectivity index (χ4n) is 4.14. The van der Waals surface area contributed by atoms with E-state index in [9.17, 15) is 13.2 Å². The molecular weight excluding hydrogens is 410 g/mol. The molecule has 0 spiro atoms. The number of nitrogens with zero attached hydrogens (tertiary/aromatic N) is 1. The molecule has 0 radical (unpaired) electrons. The molecule has 2 aromatic carbocycles. The molecule has 4 rings (SSSR count). The number of amides is 1. The highest BCUT2D eigenvalue weighted by molar-refractivity contribution is 7.89. The molecule has 1 fully saturated rings. The third kappa shape index (κ3) is 5.11. The summed E-state index contributed by atoms with van der Waals surface area (Å²) >= 11 is 0. The van der Waals surface area contributed by atoms with Crippen molar-refractivity contribution in [2.24, 2.45) is 5.92 Å². The third-order valence-corrected chi connectivity index (χ3v) is 7.51. The lowest BCUT2D eigenvalue weighted by Crippen LogP contribution is -2.41. The van der Waals surface area contributed by atoms with Crippen LogP contribution in [0, 0.1) is 5.92 Å². The van der Waals surface area contributed by atoms with Crippen LogP contribution in [-0.2, 0) is 14.8 Å². The number of aromatic nitrogens is 1. The monoisotopic (exact) mass is 437 g/mol. The molecule has 1 saturated carbocycles. The van der Waals surface area contributed by atoms with Crippen molar-refractivity contribution in [3.63, 3.8) is 0 Å². The maximum atomic E-state index is 12.9. The van der Waals surface area contributed by atoms with Crippen molar-refractivity contribution in [1.82, 2.24) is 15.0 Å². The highest BCUT2D eigenvalue weighted by Crippen LogP contribution is 2.27. The molecule has 1 amide bonds. The second-order valence-electron chi connectivity index (χ2n) is 8.20. The van der Waals surface area contributed by atoms with Crippen molar-refractivity contribution in [3.05, 3.63) is 72.6 Å². The van der Waals surface area contributed by atoms with Crippen molar-refractivity contribution in [1.29, 1.82) is 0 Å². The Morgan fingerprint density at radius 1 is 1.00 bits per heavy atom. The summed E-state index contributed by atoms with van der Waals surface area (Å²) in [6.07, 6.45) is 6.08. The van der Waals surface area contributed by atoms with Crippen LogP contribution in [0.3, 0.4) is 0 Å².